The van der Waals surface area contributed by atoms with Crippen molar-refractivity contribution >= 4 is 87.0 Å². The molecule has 0 saturated carbocycles. The van der Waals surface area contributed by atoms with E-state index in [2.05, 4.69) is 21.3 Å². The molecular weight excluding hydrogens is 973 g/mol. The van der Waals surface area contributed by atoms with Crippen LogP contribution in [0.2, 0.25) is 0 Å². The Hall–Kier alpha value is -5.36. The Morgan fingerprint density at radius 1 is 0.559 bits per heavy atom. The second kappa shape index (κ2) is 22.4. The molecule has 0 radical (unpaired) electrons. The van der Waals surface area contributed by atoms with Crippen LogP contribution in [0.15, 0.2) is 92.4 Å². The molecule has 0 atom stereocenters. The molecule has 4 aromatic rings. The Morgan fingerprint density at radius 2 is 0.926 bits per heavy atom. The molecule has 0 aliphatic carbocycles. The number of carbonyl (C=O) groups is 2. The number of sulfonamides is 2. The molecule has 6 N–H and O–H groups in total. The molecule has 68 heavy (non-hydrogen) atoms. The Balaban J connectivity index is 1.24. The van der Waals surface area contributed by atoms with Crippen molar-refractivity contribution < 1.29 is 71.3 Å². The molecular formula is C42H50N6O16S4. The molecule has 0 spiro atoms. The Morgan fingerprint density at radius 3 is 1.26 bits per heavy atom. The summed E-state index contributed by atoms with van der Waals surface area (Å²) in [7, 11) is -15.3. The monoisotopic (exact) mass is 1020 g/mol. The summed E-state index contributed by atoms with van der Waals surface area (Å²) >= 11 is 0. The van der Waals surface area contributed by atoms with Gasteiger partial charge in [0.1, 0.15) is 19.6 Å². The summed E-state index contributed by atoms with van der Waals surface area (Å²) in [6.07, 6.45) is 2.24. The van der Waals surface area contributed by atoms with Gasteiger partial charge in [0.25, 0.3) is 32.1 Å². The molecule has 368 valence electrons. The van der Waals surface area contributed by atoms with Crippen molar-refractivity contribution in [3.8, 4) is 0 Å². The van der Waals surface area contributed by atoms with E-state index in [0.717, 1.165) is 24.3 Å². The van der Waals surface area contributed by atoms with Crippen LogP contribution in [0.1, 0.15) is 31.8 Å². The third-order valence-corrected chi connectivity index (χ3v) is 16.1. The molecule has 2 fully saturated rings. The number of ether oxygens (including phenoxy) is 4. The average Bonchev–Trinajstić information content (AvgIpc) is 3.31. The number of carbonyl (C=O) groups excluding carboxylic acids is 2. The third-order valence-electron chi connectivity index (χ3n) is 10.4. The van der Waals surface area contributed by atoms with Gasteiger partial charge in [-0.3, -0.25) is 18.7 Å². The molecule has 6 rings (SSSR count). The lowest BCUT2D eigenvalue weighted by Gasteiger charge is -2.27. The summed E-state index contributed by atoms with van der Waals surface area (Å²) in [6.45, 7) is 2.13. The minimum atomic E-state index is -5.02. The summed E-state index contributed by atoms with van der Waals surface area (Å²) in [4.78, 5) is 25.2. The molecule has 2 aliphatic heterocycles. The lowest BCUT2D eigenvalue weighted by molar-refractivity contribution is 0.0730. The molecule has 2 saturated heterocycles. The van der Waals surface area contributed by atoms with Crippen molar-refractivity contribution in [1.29, 1.82) is 0 Å². The van der Waals surface area contributed by atoms with Crippen LogP contribution in [0.3, 0.4) is 0 Å². The van der Waals surface area contributed by atoms with Crippen LogP contribution >= 0.6 is 0 Å². The minimum Gasteiger partial charge on any atom is -0.383 e. The van der Waals surface area contributed by atoms with Gasteiger partial charge in [-0.05, 0) is 71.8 Å². The zero-order valence-electron chi connectivity index (χ0n) is 36.7. The van der Waals surface area contributed by atoms with Crippen LogP contribution in [-0.2, 0) is 59.2 Å². The van der Waals surface area contributed by atoms with E-state index in [1.54, 1.807) is 0 Å². The summed E-state index contributed by atoms with van der Waals surface area (Å²) in [5, 5.41) is 11.0. The van der Waals surface area contributed by atoms with E-state index in [4.69, 9.17) is 18.9 Å². The summed E-state index contributed by atoms with van der Waals surface area (Å²) in [5.74, 6) is -1.65. The maximum Gasteiger partial charge on any atom is 0.295 e. The van der Waals surface area contributed by atoms with Gasteiger partial charge in [-0.15, -0.1) is 0 Å². The third kappa shape index (κ3) is 12.8. The van der Waals surface area contributed by atoms with Crippen molar-refractivity contribution in [3.63, 3.8) is 0 Å². The zero-order valence-corrected chi connectivity index (χ0v) is 40.0. The van der Waals surface area contributed by atoms with E-state index in [1.807, 2.05) is 0 Å². The molecule has 0 bridgehead atoms. The number of nitrogens with one attached hydrogen (secondary N) is 4. The maximum atomic E-state index is 13.7. The number of rotatable bonds is 20. The lowest BCUT2D eigenvalue weighted by Crippen LogP contribution is -2.41. The van der Waals surface area contributed by atoms with E-state index in [-0.39, 0.29) is 134 Å². The number of benzene rings is 4. The highest BCUT2D eigenvalue weighted by molar-refractivity contribution is 7.89. The fourth-order valence-electron chi connectivity index (χ4n) is 7.01. The van der Waals surface area contributed by atoms with Gasteiger partial charge in [-0.1, -0.05) is 24.3 Å². The molecule has 4 aromatic carbocycles. The van der Waals surface area contributed by atoms with Crippen LogP contribution in [-0.4, -0.2) is 156 Å². The van der Waals surface area contributed by atoms with Crippen LogP contribution < -0.4 is 21.3 Å². The number of nitrogens with zero attached hydrogens (tertiary/aromatic N) is 2. The van der Waals surface area contributed by atoms with Crippen molar-refractivity contribution in [2.45, 2.75) is 19.6 Å². The van der Waals surface area contributed by atoms with Crippen LogP contribution in [0.5, 0.6) is 0 Å². The first-order valence-electron chi connectivity index (χ1n) is 20.7. The maximum absolute atomic E-state index is 13.7. The van der Waals surface area contributed by atoms with E-state index >= 15 is 0 Å². The highest BCUT2D eigenvalue weighted by Crippen LogP contribution is 2.31. The normalized spacial score (nSPS) is 15.5. The van der Waals surface area contributed by atoms with Crippen LogP contribution in [0.25, 0.3) is 12.2 Å². The molecule has 2 aliphatic rings. The van der Waals surface area contributed by atoms with Crippen molar-refractivity contribution in [2.24, 2.45) is 0 Å². The van der Waals surface area contributed by atoms with E-state index in [9.17, 15) is 52.4 Å². The van der Waals surface area contributed by atoms with Crippen molar-refractivity contribution in [2.75, 3.05) is 114 Å². The summed E-state index contributed by atoms with van der Waals surface area (Å²) in [5.41, 5.74) is -0.387. The standard InChI is InChI=1S/C42H50N6O16S4/c1-61-19-13-43-35-11-7-31(25-39(35)65(51,52)47-15-21-63-22-16-47)41(49)45-33-9-5-29(37(27-33)67(55,56)57)3-4-30-6-10-34(28-38(30)68(58,59)60)46-42(50)32-8-12-36(44-14-20-62-2)40(26-32)66(53,54)48-17-23-64-24-18-48/h3-12,25-28,43-44H,13-24H2,1-2H3,(H,45,49)(H,46,50)(H,55,56,57)(H,58,59,60)/b4-3+. The smallest absolute Gasteiger partial charge is 0.295 e. The van der Waals surface area contributed by atoms with Gasteiger partial charge in [-0.2, -0.15) is 25.4 Å². The lowest BCUT2D eigenvalue weighted by atomic mass is 10.1. The second-order valence-electron chi connectivity index (χ2n) is 15.0. The predicted octanol–water partition coefficient (Wildman–Crippen LogP) is 3.01. The first kappa shape index (κ1) is 52.0. The van der Waals surface area contributed by atoms with Crippen LogP contribution in [0.4, 0.5) is 22.7 Å². The zero-order chi connectivity index (χ0) is 49.3. The number of anilines is 4. The molecule has 0 aromatic heterocycles. The van der Waals surface area contributed by atoms with Crippen molar-refractivity contribution in [3.05, 3.63) is 95.1 Å². The average molecular weight is 1020 g/mol. The SMILES string of the molecule is COCCNc1ccc(C(=O)Nc2ccc(/C=C/c3ccc(NC(=O)c4ccc(NCCOC)c(S(=O)(=O)N5CCOCC5)c4)cc3S(=O)(=O)O)c(S(=O)(=O)O)c2)cc1S(=O)(=O)N1CCOCC1. The van der Waals surface area contributed by atoms with Crippen LogP contribution in [0, 0.1) is 0 Å². The van der Waals surface area contributed by atoms with Gasteiger partial charge in [0, 0.05) is 76.0 Å². The Kier molecular flexibility index (Phi) is 17.1. The first-order valence-corrected chi connectivity index (χ1v) is 26.4. The van der Waals surface area contributed by atoms with Crippen molar-refractivity contribution in [1.82, 2.24) is 8.61 Å². The molecule has 26 heteroatoms. The van der Waals surface area contributed by atoms with Gasteiger partial charge in [-0.25, -0.2) is 16.8 Å². The van der Waals surface area contributed by atoms with E-state index in [1.165, 1.54) is 83.5 Å². The Labute approximate surface area is 394 Å². The summed E-state index contributed by atoms with van der Waals surface area (Å²) in [6, 6.07) is 14.7. The van der Waals surface area contributed by atoms with E-state index in [0.29, 0.717) is 0 Å². The quantitative estimate of drug-likeness (QED) is 0.0421. The molecule has 0 unspecified atom stereocenters. The number of hydrogen-bond donors (Lipinski definition) is 6. The predicted molar refractivity (Wildman–Crippen MR) is 250 cm³/mol. The summed E-state index contributed by atoms with van der Waals surface area (Å²) < 4.78 is 149. The highest BCUT2D eigenvalue weighted by Gasteiger charge is 2.31. The number of methoxy groups -OCH3 is 2. The fraction of sp³-hybridized carbons (Fsp3) is 0.333. The molecule has 2 amide bonds. The minimum absolute atomic E-state index is 0.0925. The second-order valence-corrected chi connectivity index (χ2v) is 21.6. The Bertz CT molecular complexity index is 2790. The van der Waals surface area contributed by atoms with Gasteiger partial charge >= 0.3 is 0 Å². The largest absolute Gasteiger partial charge is 0.383 e. The highest BCUT2D eigenvalue weighted by atomic mass is 32.2. The number of amides is 2. The molecule has 22 nitrogen and oxygen atoms in total. The molecule has 2 heterocycles. The van der Waals surface area contributed by atoms with Gasteiger partial charge < -0.3 is 40.2 Å². The topological polar surface area (TPSA) is 303 Å². The number of hydrogen-bond acceptors (Lipinski definition) is 16. The van der Waals surface area contributed by atoms with Gasteiger partial charge in [0.2, 0.25) is 20.0 Å². The first-order chi connectivity index (χ1) is 32.2. The van der Waals surface area contributed by atoms with Gasteiger partial charge in [0.15, 0.2) is 0 Å². The van der Waals surface area contributed by atoms with Gasteiger partial charge in [0.05, 0.1) is 51.0 Å². The van der Waals surface area contributed by atoms with E-state index < -0.39 is 61.9 Å². The fourth-order valence-corrected chi connectivity index (χ4v) is 11.6. The number of morpholine rings is 2.